The minimum atomic E-state index is -1.14. The van der Waals surface area contributed by atoms with Crippen LogP contribution in [0.25, 0.3) is 0 Å². The van der Waals surface area contributed by atoms with Crippen molar-refractivity contribution in [1.82, 2.24) is 20.5 Å². The van der Waals surface area contributed by atoms with Gasteiger partial charge in [0, 0.05) is 12.1 Å². The number of rotatable bonds is 7. The van der Waals surface area contributed by atoms with Crippen LogP contribution in [-0.4, -0.2) is 49.5 Å². The van der Waals surface area contributed by atoms with Crippen LogP contribution < -0.4 is 21.7 Å². The van der Waals surface area contributed by atoms with E-state index in [1.165, 1.54) is 0 Å². The van der Waals surface area contributed by atoms with E-state index in [0.29, 0.717) is 23.0 Å². The van der Waals surface area contributed by atoms with E-state index in [9.17, 15) is 14.7 Å². The standard InChI is InChI=1S/C20H27N7O4/c1-20(2,31)14-8-5-9-15(25-14)23-13-10-16(26-27-17(13)18(21)28)22-11-6-3-4-7-12(11)24-19(29)30/h5,8-12,24,31H,3-4,6-7H2,1-2H3,(H2,21,28)(H,29,30)(H2,22,23,25,26)/t11-,12+/m1/s1. The summed E-state index contributed by atoms with van der Waals surface area (Å²) in [6, 6.07) is 6.26. The highest BCUT2D eigenvalue weighted by Gasteiger charge is 2.27. The van der Waals surface area contributed by atoms with Crippen molar-refractivity contribution in [3.8, 4) is 0 Å². The Morgan fingerprint density at radius 1 is 1.13 bits per heavy atom. The predicted molar refractivity (Wildman–Crippen MR) is 114 cm³/mol. The minimum Gasteiger partial charge on any atom is -0.465 e. The Bertz CT molecular complexity index is 961. The molecule has 2 aromatic rings. The number of amides is 2. The lowest BCUT2D eigenvalue weighted by molar-refractivity contribution is 0.0740. The number of pyridine rings is 1. The summed E-state index contributed by atoms with van der Waals surface area (Å²) in [5, 5.41) is 36.0. The molecule has 166 valence electrons. The molecule has 0 aromatic carbocycles. The second-order valence-corrected chi connectivity index (χ2v) is 8.04. The lowest BCUT2D eigenvalue weighted by atomic mass is 9.90. The summed E-state index contributed by atoms with van der Waals surface area (Å²) >= 11 is 0. The second-order valence-electron chi connectivity index (χ2n) is 8.04. The van der Waals surface area contributed by atoms with Gasteiger partial charge in [-0.1, -0.05) is 18.9 Å². The number of aromatic nitrogens is 3. The van der Waals surface area contributed by atoms with Gasteiger partial charge in [-0.2, -0.15) is 0 Å². The number of aliphatic hydroxyl groups is 1. The number of nitrogens with one attached hydrogen (secondary N) is 3. The van der Waals surface area contributed by atoms with Gasteiger partial charge in [-0.3, -0.25) is 4.79 Å². The average Bonchev–Trinajstić information content (AvgIpc) is 2.69. The van der Waals surface area contributed by atoms with Gasteiger partial charge in [0.25, 0.3) is 5.91 Å². The average molecular weight is 429 g/mol. The normalized spacial score (nSPS) is 18.8. The van der Waals surface area contributed by atoms with Crippen molar-refractivity contribution in [2.75, 3.05) is 10.6 Å². The lowest BCUT2D eigenvalue weighted by Crippen LogP contribution is -2.48. The summed E-state index contributed by atoms with van der Waals surface area (Å²) < 4.78 is 0. The van der Waals surface area contributed by atoms with E-state index in [1.807, 2.05) is 0 Å². The molecule has 1 saturated carbocycles. The van der Waals surface area contributed by atoms with Crippen LogP contribution >= 0.6 is 0 Å². The first-order valence-electron chi connectivity index (χ1n) is 10.0. The largest absolute Gasteiger partial charge is 0.465 e. The highest BCUT2D eigenvalue weighted by atomic mass is 16.4. The zero-order chi connectivity index (χ0) is 22.6. The van der Waals surface area contributed by atoms with E-state index >= 15 is 0 Å². The highest BCUT2D eigenvalue weighted by Crippen LogP contribution is 2.26. The third kappa shape index (κ3) is 5.79. The van der Waals surface area contributed by atoms with Gasteiger partial charge < -0.3 is 31.9 Å². The monoisotopic (exact) mass is 429 g/mol. The molecule has 0 unspecified atom stereocenters. The fraction of sp³-hybridized carbons (Fsp3) is 0.450. The highest BCUT2D eigenvalue weighted by molar-refractivity contribution is 5.97. The van der Waals surface area contributed by atoms with E-state index in [1.54, 1.807) is 38.1 Å². The third-order valence-electron chi connectivity index (χ3n) is 5.07. The minimum absolute atomic E-state index is 0.0649. The maximum Gasteiger partial charge on any atom is 0.404 e. The second kappa shape index (κ2) is 9.13. The molecule has 1 fully saturated rings. The van der Waals surface area contributed by atoms with Gasteiger partial charge in [0.2, 0.25) is 0 Å². The van der Waals surface area contributed by atoms with E-state index in [2.05, 4.69) is 31.1 Å². The van der Waals surface area contributed by atoms with E-state index in [0.717, 1.165) is 25.7 Å². The maximum absolute atomic E-state index is 11.8. The number of carbonyl (C=O) groups excluding carboxylic acids is 1. The topological polar surface area (TPSA) is 175 Å². The Labute approximate surface area is 179 Å². The molecular weight excluding hydrogens is 402 g/mol. The summed E-state index contributed by atoms with van der Waals surface area (Å²) in [6.45, 7) is 3.24. The first-order chi connectivity index (χ1) is 14.6. The number of primary amides is 1. The van der Waals surface area contributed by atoms with Gasteiger partial charge in [0.15, 0.2) is 11.5 Å². The quantitative estimate of drug-likeness (QED) is 0.384. The number of anilines is 3. The third-order valence-corrected chi connectivity index (χ3v) is 5.07. The molecule has 2 aromatic heterocycles. The molecule has 2 atom stereocenters. The van der Waals surface area contributed by atoms with Gasteiger partial charge in [-0.05, 0) is 38.8 Å². The van der Waals surface area contributed by atoms with Crippen LogP contribution in [0.2, 0.25) is 0 Å². The molecule has 11 nitrogen and oxygen atoms in total. The Kier molecular flexibility index (Phi) is 6.54. The molecule has 31 heavy (non-hydrogen) atoms. The van der Waals surface area contributed by atoms with Gasteiger partial charge in [0.1, 0.15) is 11.4 Å². The molecule has 2 heterocycles. The smallest absolute Gasteiger partial charge is 0.404 e. The van der Waals surface area contributed by atoms with Crippen LogP contribution in [0, 0.1) is 0 Å². The molecule has 3 rings (SSSR count). The number of carbonyl (C=O) groups is 2. The Morgan fingerprint density at radius 3 is 2.48 bits per heavy atom. The van der Waals surface area contributed by atoms with Crippen LogP contribution in [0.4, 0.5) is 22.1 Å². The Hall–Kier alpha value is -3.47. The molecule has 0 saturated heterocycles. The number of nitrogens with two attached hydrogens (primary N) is 1. The van der Waals surface area contributed by atoms with Crippen molar-refractivity contribution >= 4 is 29.3 Å². The summed E-state index contributed by atoms with van der Waals surface area (Å²) in [7, 11) is 0. The SMILES string of the molecule is CC(C)(O)c1cccc(Nc2cc(N[C@@H]3CCCC[C@@H]3NC(=O)O)nnc2C(N)=O)n1. The summed E-state index contributed by atoms with van der Waals surface area (Å²) in [4.78, 5) is 27.3. The predicted octanol–water partition coefficient (Wildman–Crippen LogP) is 1.93. The van der Waals surface area contributed by atoms with Gasteiger partial charge in [0.05, 0.1) is 17.4 Å². The van der Waals surface area contributed by atoms with Crippen molar-refractivity contribution in [1.29, 1.82) is 0 Å². The van der Waals surface area contributed by atoms with Crippen molar-refractivity contribution < 1.29 is 19.8 Å². The van der Waals surface area contributed by atoms with Crippen LogP contribution in [0.15, 0.2) is 24.3 Å². The molecule has 2 amide bonds. The summed E-state index contributed by atoms with van der Waals surface area (Å²) in [5.74, 6) is 0.00247. The molecule has 0 bridgehead atoms. The van der Waals surface area contributed by atoms with E-state index in [4.69, 9.17) is 10.8 Å². The summed E-state index contributed by atoms with van der Waals surface area (Å²) in [5.41, 5.74) is 4.98. The van der Waals surface area contributed by atoms with Crippen molar-refractivity contribution in [2.24, 2.45) is 5.73 Å². The first kappa shape index (κ1) is 22.2. The molecule has 7 N–H and O–H groups in total. The van der Waals surface area contributed by atoms with Crippen molar-refractivity contribution in [3.05, 3.63) is 35.7 Å². The van der Waals surface area contributed by atoms with E-state index < -0.39 is 17.6 Å². The van der Waals surface area contributed by atoms with Gasteiger partial charge >= 0.3 is 6.09 Å². The number of hydrogen-bond acceptors (Lipinski definition) is 8. The molecule has 0 radical (unpaired) electrons. The number of carboxylic acid groups (broad SMARTS) is 1. The molecule has 0 spiro atoms. The molecular formula is C20H27N7O4. The molecule has 0 aliphatic heterocycles. The fourth-order valence-electron chi connectivity index (χ4n) is 3.55. The van der Waals surface area contributed by atoms with Crippen LogP contribution in [0.1, 0.15) is 55.7 Å². The van der Waals surface area contributed by atoms with Gasteiger partial charge in [-0.15, -0.1) is 10.2 Å². The Morgan fingerprint density at radius 2 is 1.84 bits per heavy atom. The van der Waals surface area contributed by atoms with Crippen LogP contribution in [0.3, 0.4) is 0 Å². The zero-order valence-electron chi connectivity index (χ0n) is 17.4. The van der Waals surface area contributed by atoms with Crippen molar-refractivity contribution in [2.45, 2.75) is 57.2 Å². The fourth-order valence-corrected chi connectivity index (χ4v) is 3.55. The first-order valence-corrected chi connectivity index (χ1v) is 10.0. The van der Waals surface area contributed by atoms with Crippen LogP contribution in [-0.2, 0) is 5.60 Å². The number of hydrogen-bond donors (Lipinski definition) is 6. The summed E-state index contributed by atoms with van der Waals surface area (Å²) in [6.07, 6.45) is 2.30. The lowest BCUT2D eigenvalue weighted by Gasteiger charge is -2.32. The molecule has 11 heteroatoms. The van der Waals surface area contributed by atoms with Crippen LogP contribution in [0.5, 0.6) is 0 Å². The molecule has 1 aliphatic carbocycles. The molecule has 1 aliphatic rings. The van der Waals surface area contributed by atoms with Crippen molar-refractivity contribution in [3.63, 3.8) is 0 Å². The Balaban J connectivity index is 1.86. The van der Waals surface area contributed by atoms with E-state index in [-0.39, 0.29) is 17.8 Å². The maximum atomic E-state index is 11.8. The van der Waals surface area contributed by atoms with Gasteiger partial charge in [-0.25, -0.2) is 9.78 Å². The zero-order valence-corrected chi connectivity index (χ0v) is 17.4. The number of nitrogens with zero attached hydrogens (tertiary/aromatic N) is 3.